The molecule has 0 saturated carbocycles. The Balaban J connectivity index is 2.26. The van der Waals surface area contributed by atoms with Gasteiger partial charge in [-0.2, -0.15) is 5.10 Å². The van der Waals surface area contributed by atoms with Gasteiger partial charge >= 0.3 is 0 Å². The lowest BCUT2D eigenvalue weighted by Gasteiger charge is -2.21. The van der Waals surface area contributed by atoms with E-state index < -0.39 is 0 Å². The van der Waals surface area contributed by atoms with Crippen molar-refractivity contribution in [3.8, 4) is 5.75 Å². The number of nitrogens with one attached hydrogen (secondary N) is 2. The minimum atomic E-state index is 0.115. The van der Waals surface area contributed by atoms with Crippen molar-refractivity contribution < 1.29 is 4.74 Å². The number of aryl methyl sites for hydroxylation is 2. The van der Waals surface area contributed by atoms with Crippen molar-refractivity contribution >= 4 is 5.69 Å². The van der Waals surface area contributed by atoms with Gasteiger partial charge in [0.05, 0.1) is 18.5 Å². The van der Waals surface area contributed by atoms with Crippen molar-refractivity contribution in [3.05, 3.63) is 40.7 Å². The Kier molecular flexibility index (Phi) is 4.26. The molecule has 4 nitrogen and oxygen atoms in total. The van der Waals surface area contributed by atoms with Gasteiger partial charge < -0.3 is 10.1 Å². The number of hydrogen-bond acceptors (Lipinski definition) is 3. The molecule has 2 N–H and O–H groups in total. The minimum Gasteiger partial charge on any atom is -0.495 e. The molecule has 0 spiro atoms. The Hall–Kier alpha value is -1.97. The molecule has 0 fully saturated rings. The Morgan fingerprint density at radius 3 is 2.48 bits per heavy atom. The van der Waals surface area contributed by atoms with E-state index in [4.69, 9.17) is 4.74 Å². The summed E-state index contributed by atoms with van der Waals surface area (Å²) in [5.74, 6) is 0.863. The molecule has 0 aliphatic rings. The highest BCUT2D eigenvalue weighted by Gasteiger charge is 2.16. The largest absolute Gasteiger partial charge is 0.495 e. The molecule has 114 valence electrons. The van der Waals surface area contributed by atoms with E-state index >= 15 is 0 Å². The maximum atomic E-state index is 5.46. The Morgan fingerprint density at radius 1 is 1.24 bits per heavy atom. The van der Waals surface area contributed by atoms with Crippen LogP contribution in [0.5, 0.6) is 5.75 Å². The molecule has 0 bridgehead atoms. The Labute approximate surface area is 126 Å². The summed E-state index contributed by atoms with van der Waals surface area (Å²) in [5.41, 5.74) is 5.76. The maximum absolute atomic E-state index is 5.46. The molecule has 2 aromatic rings. The normalized spacial score (nSPS) is 11.5. The summed E-state index contributed by atoms with van der Waals surface area (Å²) in [6.07, 6.45) is 0. The van der Waals surface area contributed by atoms with Gasteiger partial charge in [-0.05, 0) is 37.0 Å². The van der Waals surface area contributed by atoms with Gasteiger partial charge in [-0.15, -0.1) is 0 Å². The summed E-state index contributed by atoms with van der Waals surface area (Å²) in [5, 5.41) is 10.7. The molecule has 0 unspecified atom stereocenters. The van der Waals surface area contributed by atoms with Crippen molar-refractivity contribution in [2.24, 2.45) is 0 Å². The zero-order valence-electron chi connectivity index (χ0n) is 13.8. The number of methoxy groups -OCH3 is 1. The summed E-state index contributed by atoms with van der Waals surface area (Å²) in [7, 11) is 1.70. The third-order valence-electron chi connectivity index (χ3n) is 3.80. The summed E-state index contributed by atoms with van der Waals surface area (Å²) in [6.45, 7) is 11.4. The van der Waals surface area contributed by atoms with E-state index in [1.165, 1.54) is 11.1 Å². The third-order valence-corrected chi connectivity index (χ3v) is 3.80. The molecule has 0 amide bonds. The van der Waals surface area contributed by atoms with Crippen LogP contribution in [-0.2, 0) is 12.0 Å². The van der Waals surface area contributed by atoms with Crippen LogP contribution in [0.1, 0.15) is 43.3 Å². The average molecular weight is 287 g/mol. The van der Waals surface area contributed by atoms with E-state index in [2.05, 4.69) is 48.4 Å². The molecular formula is C17H25N3O. The number of rotatable bonds is 4. The van der Waals surface area contributed by atoms with Crippen LogP contribution in [-0.4, -0.2) is 17.3 Å². The molecule has 21 heavy (non-hydrogen) atoms. The molecule has 1 heterocycles. The maximum Gasteiger partial charge on any atom is 0.141 e. The molecule has 4 heteroatoms. The smallest absolute Gasteiger partial charge is 0.141 e. The predicted molar refractivity (Wildman–Crippen MR) is 87.1 cm³/mol. The van der Waals surface area contributed by atoms with Crippen molar-refractivity contribution in [2.75, 3.05) is 12.4 Å². The minimum absolute atomic E-state index is 0.115. The lowest BCUT2D eigenvalue weighted by molar-refractivity contribution is 0.416. The van der Waals surface area contributed by atoms with E-state index in [0.717, 1.165) is 29.4 Å². The van der Waals surface area contributed by atoms with Crippen LogP contribution in [0.2, 0.25) is 0 Å². The first-order valence-electron chi connectivity index (χ1n) is 7.25. The number of anilines is 1. The highest BCUT2D eigenvalue weighted by atomic mass is 16.5. The fourth-order valence-electron chi connectivity index (χ4n) is 2.33. The zero-order valence-corrected chi connectivity index (χ0v) is 13.8. The monoisotopic (exact) mass is 287 g/mol. The average Bonchev–Trinajstić information content (AvgIpc) is 2.74. The highest BCUT2D eigenvalue weighted by molar-refractivity contribution is 5.59. The van der Waals surface area contributed by atoms with Gasteiger partial charge in [0.15, 0.2) is 0 Å². The van der Waals surface area contributed by atoms with Gasteiger partial charge in [-0.3, -0.25) is 5.10 Å². The van der Waals surface area contributed by atoms with Gasteiger partial charge in [-0.1, -0.05) is 26.8 Å². The number of aromatic amines is 1. The first-order valence-corrected chi connectivity index (χ1v) is 7.25. The first kappa shape index (κ1) is 15.4. The Morgan fingerprint density at radius 2 is 1.95 bits per heavy atom. The third kappa shape index (κ3) is 3.38. The Bertz CT molecular complexity index is 604. The quantitative estimate of drug-likeness (QED) is 0.895. The van der Waals surface area contributed by atoms with Gasteiger partial charge in [0.25, 0.3) is 0 Å². The van der Waals surface area contributed by atoms with Crippen molar-refractivity contribution in [3.63, 3.8) is 0 Å². The van der Waals surface area contributed by atoms with E-state index in [9.17, 15) is 0 Å². The summed E-state index contributed by atoms with van der Waals surface area (Å²) in [4.78, 5) is 0. The van der Waals surface area contributed by atoms with E-state index in [1.54, 1.807) is 7.11 Å². The van der Waals surface area contributed by atoms with Gasteiger partial charge in [0, 0.05) is 17.8 Å². The van der Waals surface area contributed by atoms with Crippen LogP contribution in [0.15, 0.2) is 18.2 Å². The first-order chi connectivity index (χ1) is 9.82. The highest BCUT2D eigenvalue weighted by Crippen LogP contribution is 2.31. The number of H-pyrrole nitrogens is 1. The second-order valence-corrected chi connectivity index (χ2v) is 6.43. The van der Waals surface area contributed by atoms with Gasteiger partial charge in [0.1, 0.15) is 5.75 Å². The number of benzene rings is 1. The predicted octanol–water partition coefficient (Wildman–Crippen LogP) is 3.94. The summed E-state index contributed by atoms with van der Waals surface area (Å²) >= 11 is 0. The topological polar surface area (TPSA) is 49.9 Å². The van der Waals surface area contributed by atoms with E-state index in [-0.39, 0.29) is 5.41 Å². The van der Waals surface area contributed by atoms with Crippen molar-refractivity contribution in [1.29, 1.82) is 0 Å². The van der Waals surface area contributed by atoms with Crippen LogP contribution < -0.4 is 10.1 Å². The summed E-state index contributed by atoms with van der Waals surface area (Å²) < 4.78 is 5.46. The van der Waals surface area contributed by atoms with Crippen LogP contribution in [0.25, 0.3) is 0 Å². The van der Waals surface area contributed by atoms with E-state index in [1.807, 2.05) is 19.9 Å². The second-order valence-electron chi connectivity index (χ2n) is 6.43. The SMILES string of the molecule is COc1ccc(C(C)(C)C)cc1NCc1c(C)n[nH]c1C. The molecule has 0 radical (unpaired) electrons. The molecule has 0 saturated heterocycles. The zero-order chi connectivity index (χ0) is 15.6. The molecule has 0 atom stereocenters. The lowest BCUT2D eigenvalue weighted by atomic mass is 9.87. The van der Waals surface area contributed by atoms with Crippen LogP contribution in [0.4, 0.5) is 5.69 Å². The fraction of sp³-hybridized carbons (Fsp3) is 0.471. The van der Waals surface area contributed by atoms with Crippen molar-refractivity contribution in [1.82, 2.24) is 10.2 Å². The fourth-order valence-corrected chi connectivity index (χ4v) is 2.33. The van der Waals surface area contributed by atoms with Gasteiger partial charge in [-0.25, -0.2) is 0 Å². The molecule has 0 aliphatic heterocycles. The molecular weight excluding hydrogens is 262 g/mol. The van der Waals surface area contributed by atoms with Gasteiger partial charge in [0.2, 0.25) is 0 Å². The number of aromatic nitrogens is 2. The van der Waals surface area contributed by atoms with E-state index in [0.29, 0.717) is 0 Å². The number of ether oxygens (including phenoxy) is 1. The molecule has 1 aromatic carbocycles. The summed E-state index contributed by atoms with van der Waals surface area (Å²) in [6, 6.07) is 6.32. The number of hydrogen-bond donors (Lipinski definition) is 2. The molecule has 1 aromatic heterocycles. The number of nitrogens with zero attached hydrogens (tertiary/aromatic N) is 1. The van der Waals surface area contributed by atoms with Crippen molar-refractivity contribution in [2.45, 2.75) is 46.6 Å². The molecule has 2 rings (SSSR count). The van der Waals surface area contributed by atoms with Crippen LogP contribution in [0, 0.1) is 13.8 Å². The van der Waals surface area contributed by atoms with Crippen LogP contribution in [0.3, 0.4) is 0 Å². The van der Waals surface area contributed by atoms with Crippen LogP contribution >= 0.6 is 0 Å². The standard InChI is InChI=1S/C17H25N3O/c1-11-14(12(2)20-19-11)10-18-15-9-13(17(3,4)5)7-8-16(15)21-6/h7-9,18H,10H2,1-6H3,(H,19,20). The second kappa shape index (κ2) is 5.80. The lowest BCUT2D eigenvalue weighted by Crippen LogP contribution is -2.12. The molecule has 0 aliphatic carbocycles.